The molecule has 13 heavy (non-hydrogen) atoms. The normalized spacial score (nSPS) is 6.85. The number of halogens is 1. The van der Waals surface area contributed by atoms with Gasteiger partial charge in [-0.2, -0.15) is 4.29 Å². The van der Waals surface area contributed by atoms with Gasteiger partial charge < -0.3 is 14.9 Å². The molecule has 0 unspecified atom stereocenters. The number of benzene rings is 1. The molecule has 71 valence electrons. The van der Waals surface area contributed by atoms with Crippen molar-refractivity contribution < 1.29 is 30.0 Å². The minimum absolute atomic E-state index is 0. The van der Waals surface area contributed by atoms with Crippen molar-refractivity contribution in [3.63, 3.8) is 0 Å². The van der Waals surface area contributed by atoms with Crippen molar-refractivity contribution in [2.75, 3.05) is 5.32 Å². The smallest absolute Gasteiger partial charge is 0.0692 e. The van der Waals surface area contributed by atoms with Gasteiger partial charge in [0.2, 0.25) is 0 Å². The van der Waals surface area contributed by atoms with Crippen molar-refractivity contribution in [3.05, 3.63) is 30.3 Å². The number of carbonyl (C=O) groups excluding carboxylic acids is 2. The van der Waals surface area contributed by atoms with Crippen molar-refractivity contribution in [2.45, 2.75) is 0 Å². The summed E-state index contributed by atoms with van der Waals surface area (Å²) >= 11 is 1.48. The van der Waals surface area contributed by atoms with Crippen LogP contribution in [-0.4, -0.2) is 10.7 Å². The molecule has 0 fully saturated rings. The first-order chi connectivity index (χ1) is 5.85. The molecule has 0 aliphatic heterocycles. The average molecular weight is 461 g/mol. The van der Waals surface area contributed by atoms with Gasteiger partial charge in [-0.3, -0.25) is 22.6 Å². The van der Waals surface area contributed by atoms with Gasteiger partial charge in [-0.15, -0.1) is 17.8 Å². The van der Waals surface area contributed by atoms with Gasteiger partial charge in [0.05, 0.1) is 6.41 Å². The number of anilines is 1. The van der Waals surface area contributed by atoms with Crippen molar-refractivity contribution in [1.82, 2.24) is 0 Å². The SMILES string of the molecule is O=[C-]I.O=[C-]Nc1ccccc1.[Re]. The summed E-state index contributed by atoms with van der Waals surface area (Å²) < 4.78 is 1.47. The third-order valence-corrected chi connectivity index (χ3v) is 0.969. The Morgan fingerprint density at radius 1 is 1.15 bits per heavy atom. The molecule has 0 saturated heterocycles. The molecule has 0 atom stereocenters. The van der Waals surface area contributed by atoms with Crippen LogP contribution in [0, 0.1) is 0 Å². The van der Waals surface area contributed by atoms with E-state index in [2.05, 4.69) is 5.32 Å². The predicted molar refractivity (Wildman–Crippen MR) is 55.5 cm³/mol. The maximum Gasteiger partial charge on any atom is 0.0692 e. The quantitative estimate of drug-likeness (QED) is 0.315. The Kier molecular flexibility index (Phi) is 13.8. The molecule has 0 saturated carbocycles. The van der Waals surface area contributed by atoms with Crippen LogP contribution in [0.25, 0.3) is 0 Å². The largest absolute Gasteiger partial charge is 0.531 e. The Morgan fingerprint density at radius 2 is 1.62 bits per heavy atom. The van der Waals surface area contributed by atoms with Crippen LogP contribution < -0.4 is 5.32 Å². The third kappa shape index (κ3) is 9.67. The molecule has 1 radical (unpaired) electrons. The fourth-order valence-electron chi connectivity index (χ4n) is 0.580. The molecule has 1 amide bonds. The van der Waals surface area contributed by atoms with Gasteiger partial charge >= 0.3 is 0 Å². The number of para-hydroxylation sites is 1. The van der Waals surface area contributed by atoms with Crippen LogP contribution in [0.4, 0.5) is 5.69 Å². The standard InChI is InChI=1S/C7H6NO.CIO.Re/c9-6-8-7-4-2-1-3-5-7;2-1-3;/h1-5H,(H,8,9);;/q2*-1;. The van der Waals surface area contributed by atoms with E-state index in [1.165, 1.54) is 26.9 Å². The van der Waals surface area contributed by atoms with E-state index in [-0.39, 0.29) is 20.4 Å². The summed E-state index contributed by atoms with van der Waals surface area (Å²) in [5, 5.41) is 2.40. The monoisotopic (exact) mass is 462 g/mol. The Labute approximate surface area is 104 Å². The third-order valence-electron chi connectivity index (χ3n) is 0.969. The zero-order valence-electron chi connectivity index (χ0n) is 6.46. The summed E-state index contributed by atoms with van der Waals surface area (Å²) in [7, 11) is 0. The first-order valence-corrected chi connectivity index (χ1v) is 4.09. The fourth-order valence-corrected chi connectivity index (χ4v) is 0.580. The molecule has 3 nitrogen and oxygen atoms in total. The molecule has 1 aromatic carbocycles. The van der Waals surface area contributed by atoms with E-state index < -0.39 is 0 Å². The summed E-state index contributed by atoms with van der Waals surface area (Å²) in [6.07, 6.45) is 1.58. The van der Waals surface area contributed by atoms with E-state index >= 15 is 0 Å². The molecule has 1 N–H and O–H groups in total. The van der Waals surface area contributed by atoms with Crippen LogP contribution in [0.2, 0.25) is 0 Å². The molecule has 5 heteroatoms. The van der Waals surface area contributed by atoms with E-state index in [0.717, 1.165) is 5.69 Å². The molecule has 1 rings (SSSR count). The molecule has 0 aromatic heterocycles. The maximum absolute atomic E-state index is 9.74. The number of hydrogen-bond acceptors (Lipinski definition) is 2. The zero-order chi connectivity index (χ0) is 9.23. The van der Waals surface area contributed by atoms with Crippen LogP contribution in [0.1, 0.15) is 0 Å². The minimum Gasteiger partial charge on any atom is -0.531 e. The fraction of sp³-hybridized carbons (Fsp3) is 0. The molecular formula is C8H6INO2Re-2. The molecule has 0 spiro atoms. The van der Waals surface area contributed by atoms with E-state index in [4.69, 9.17) is 4.79 Å². The predicted octanol–water partition coefficient (Wildman–Crippen LogP) is 1.65. The van der Waals surface area contributed by atoms with Gasteiger partial charge in [0.1, 0.15) is 0 Å². The maximum atomic E-state index is 9.74. The van der Waals surface area contributed by atoms with Gasteiger partial charge in [-0.1, -0.05) is 18.2 Å². The summed E-state index contributed by atoms with van der Waals surface area (Å²) in [5.41, 5.74) is 0.771. The Bertz CT molecular complexity index is 231. The van der Waals surface area contributed by atoms with Gasteiger partial charge in [-0.25, -0.2) is 0 Å². The van der Waals surface area contributed by atoms with Crippen LogP contribution in [0.15, 0.2) is 30.3 Å². The Morgan fingerprint density at radius 3 is 2.00 bits per heavy atom. The number of nitrogens with one attached hydrogen (secondary N) is 1. The topological polar surface area (TPSA) is 46.2 Å². The summed E-state index contributed by atoms with van der Waals surface area (Å²) in [5.74, 6) is 0. The van der Waals surface area contributed by atoms with Gasteiger partial charge in [0.25, 0.3) is 0 Å². The first-order valence-electron chi connectivity index (χ1n) is 3.01. The number of rotatable bonds is 2. The minimum atomic E-state index is 0. The average Bonchev–Trinajstić information content (AvgIpc) is 2.08. The van der Waals surface area contributed by atoms with Crippen LogP contribution in [0.3, 0.4) is 0 Å². The molecule has 0 heterocycles. The molecule has 0 bridgehead atoms. The molecular weight excluding hydrogens is 455 g/mol. The van der Waals surface area contributed by atoms with Crippen LogP contribution >= 0.6 is 22.6 Å². The van der Waals surface area contributed by atoms with Gasteiger partial charge in [0.15, 0.2) is 0 Å². The van der Waals surface area contributed by atoms with Crippen molar-refractivity contribution in [1.29, 1.82) is 0 Å². The first kappa shape index (κ1) is 15.2. The number of amides is 1. The van der Waals surface area contributed by atoms with Gasteiger partial charge in [-0.05, 0) is 0 Å². The second kappa shape index (κ2) is 11.8. The Hall–Kier alpha value is -0.248. The van der Waals surface area contributed by atoms with Crippen LogP contribution in [0.5, 0.6) is 0 Å². The second-order valence-electron chi connectivity index (χ2n) is 1.67. The zero-order valence-corrected chi connectivity index (χ0v) is 11.3. The van der Waals surface area contributed by atoms with E-state index in [1.807, 2.05) is 18.2 Å². The van der Waals surface area contributed by atoms with E-state index in [0.29, 0.717) is 0 Å². The van der Waals surface area contributed by atoms with E-state index in [1.54, 1.807) is 18.5 Å². The summed E-state index contributed by atoms with van der Waals surface area (Å²) in [6.45, 7) is 0. The van der Waals surface area contributed by atoms with Crippen molar-refractivity contribution in [2.24, 2.45) is 0 Å². The summed E-state index contributed by atoms with van der Waals surface area (Å²) in [4.78, 5) is 18.4. The molecule has 1 aromatic rings. The molecule has 0 aliphatic carbocycles. The second-order valence-corrected chi connectivity index (χ2v) is 2.11. The van der Waals surface area contributed by atoms with Crippen LogP contribution in [-0.2, 0) is 30.0 Å². The van der Waals surface area contributed by atoms with Crippen molar-refractivity contribution >= 4 is 39.0 Å². The van der Waals surface area contributed by atoms with Gasteiger partial charge in [0, 0.05) is 20.4 Å². The number of hydrogen-bond donors (Lipinski definition) is 1. The van der Waals surface area contributed by atoms with E-state index in [9.17, 15) is 4.79 Å². The molecule has 0 aliphatic rings. The Balaban J connectivity index is 0. The summed E-state index contributed by atoms with van der Waals surface area (Å²) in [6, 6.07) is 9.17. The van der Waals surface area contributed by atoms with Crippen molar-refractivity contribution in [3.8, 4) is 0 Å².